The molecule has 1 atom stereocenters. The molecule has 1 aromatic rings. The van der Waals surface area contributed by atoms with Gasteiger partial charge in [0.25, 0.3) is 0 Å². The van der Waals surface area contributed by atoms with Crippen LogP contribution in [0.15, 0.2) is 30.3 Å². The first-order chi connectivity index (χ1) is 9.79. The predicted molar refractivity (Wildman–Crippen MR) is 79.3 cm³/mol. The molecule has 1 heterocycles. The normalized spacial score (nSPS) is 19.8. The second-order valence-electron chi connectivity index (χ2n) is 5.34. The molecule has 0 bridgehead atoms. The second kappa shape index (κ2) is 8.02. The maximum absolute atomic E-state index is 12.1. The average molecular weight is 276 g/mol. The van der Waals surface area contributed by atoms with Gasteiger partial charge >= 0.3 is 0 Å². The van der Waals surface area contributed by atoms with Crippen molar-refractivity contribution in [3.05, 3.63) is 35.9 Å². The average Bonchev–Trinajstić information content (AvgIpc) is 2.49. The highest BCUT2D eigenvalue weighted by atomic mass is 16.5. The Bertz CT molecular complexity index is 408. The minimum absolute atomic E-state index is 0.115. The van der Waals surface area contributed by atoms with Crippen molar-refractivity contribution in [1.29, 1.82) is 0 Å². The number of hydrogen-bond donors (Lipinski definition) is 1. The van der Waals surface area contributed by atoms with Gasteiger partial charge in [0.2, 0.25) is 5.91 Å². The Morgan fingerprint density at radius 1 is 1.40 bits per heavy atom. The summed E-state index contributed by atoms with van der Waals surface area (Å²) in [5.41, 5.74) is 1.31. The first-order valence-electron chi connectivity index (χ1n) is 7.32. The van der Waals surface area contributed by atoms with Crippen LogP contribution in [0, 0.1) is 5.92 Å². The summed E-state index contributed by atoms with van der Waals surface area (Å²) >= 11 is 0. The lowest BCUT2D eigenvalue weighted by Crippen LogP contribution is -2.43. The molecule has 1 aliphatic heterocycles. The lowest BCUT2D eigenvalue weighted by Gasteiger charge is -2.32. The third-order valence-electron chi connectivity index (χ3n) is 3.73. The highest BCUT2D eigenvalue weighted by Crippen LogP contribution is 2.18. The molecule has 0 saturated carbocycles. The Hall–Kier alpha value is -1.39. The van der Waals surface area contributed by atoms with Gasteiger partial charge in [0.15, 0.2) is 0 Å². The highest BCUT2D eigenvalue weighted by molar-refractivity contribution is 5.78. The van der Waals surface area contributed by atoms with E-state index in [0.29, 0.717) is 13.2 Å². The van der Waals surface area contributed by atoms with Crippen LogP contribution in [0.4, 0.5) is 0 Å². The molecular weight excluding hydrogens is 252 g/mol. The van der Waals surface area contributed by atoms with Gasteiger partial charge in [-0.25, -0.2) is 0 Å². The van der Waals surface area contributed by atoms with Crippen LogP contribution in [0.1, 0.15) is 18.4 Å². The van der Waals surface area contributed by atoms with Gasteiger partial charge in [-0.1, -0.05) is 30.3 Å². The van der Waals surface area contributed by atoms with E-state index < -0.39 is 0 Å². The van der Waals surface area contributed by atoms with Crippen molar-refractivity contribution in [2.24, 2.45) is 5.92 Å². The van der Waals surface area contributed by atoms with Crippen molar-refractivity contribution < 1.29 is 9.53 Å². The van der Waals surface area contributed by atoms with E-state index in [2.05, 4.69) is 34.5 Å². The molecule has 110 valence electrons. The molecule has 1 saturated heterocycles. The van der Waals surface area contributed by atoms with Crippen molar-refractivity contribution >= 4 is 5.91 Å². The summed E-state index contributed by atoms with van der Waals surface area (Å²) in [4.78, 5) is 14.5. The molecule has 4 heteroatoms. The van der Waals surface area contributed by atoms with Gasteiger partial charge in [-0.2, -0.15) is 0 Å². The minimum atomic E-state index is 0.115. The van der Waals surface area contributed by atoms with Crippen LogP contribution < -0.4 is 5.32 Å². The first kappa shape index (κ1) is 15.0. The summed E-state index contributed by atoms with van der Waals surface area (Å²) in [7, 11) is 1.65. The molecule has 1 aromatic carbocycles. The zero-order valence-electron chi connectivity index (χ0n) is 12.2. The quantitative estimate of drug-likeness (QED) is 0.804. The topological polar surface area (TPSA) is 41.6 Å². The Labute approximate surface area is 121 Å². The number of nitrogens with one attached hydrogen (secondary N) is 1. The van der Waals surface area contributed by atoms with Crippen molar-refractivity contribution in [2.75, 3.05) is 33.4 Å². The Morgan fingerprint density at radius 3 is 2.95 bits per heavy atom. The molecule has 0 radical (unpaired) electrons. The van der Waals surface area contributed by atoms with E-state index in [4.69, 9.17) is 4.74 Å². The van der Waals surface area contributed by atoms with Crippen molar-refractivity contribution in [1.82, 2.24) is 10.2 Å². The summed E-state index contributed by atoms with van der Waals surface area (Å²) in [6.07, 6.45) is 2.08. The Kier molecular flexibility index (Phi) is 6.02. The first-order valence-corrected chi connectivity index (χ1v) is 7.32. The SMILES string of the molecule is COCCNC(=O)[C@H]1CCCN(Cc2ccccc2)C1. The third kappa shape index (κ3) is 4.62. The molecule has 1 amide bonds. The van der Waals surface area contributed by atoms with E-state index in [1.54, 1.807) is 7.11 Å². The van der Waals surface area contributed by atoms with Crippen LogP contribution in [0.2, 0.25) is 0 Å². The molecule has 0 unspecified atom stereocenters. The van der Waals surface area contributed by atoms with Gasteiger partial charge in [-0.15, -0.1) is 0 Å². The van der Waals surface area contributed by atoms with Gasteiger partial charge in [-0.05, 0) is 24.9 Å². The third-order valence-corrected chi connectivity index (χ3v) is 3.73. The standard InChI is InChI=1S/C16H24N2O2/c1-20-11-9-17-16(19)15-8-5-10-18(13-15)12-14-6-3-2-4-7-14/h2-4,6-7,15H,5,8-13H2,1H3,(H,17,19)/t15-/m0/s1. The summed E-state index contributed by atoms with van der Waals surface area (Å²) in [6.45, 7) is 4.05. The smallest absolute Gasteiger partial charge is 0.224 e. The Balaban J connectivity index is 1.80. The highest BCUT2D eigenvalue weighted by Gasteiger charge is 2.25. The number of methoxy groups -OCH3 is 1. The van der Waals surface area contributed by atoms with E-state index in [0.717, 1.165) is 32.5 Å². The number of benzene rings is 1. The number of likely N-dealkylation sites (tertiary alicyclic amines) is 1. The molecule has 0 aliphatic carbocycles. The molecule has 4 nitrogen and oxygen atoms in total. The predicted octanol–water partition coefficient (Wildman–Crippen LogP) is 1.66. The molecule has 0 spiro atoms. The van der Waals surface area contributed by atoms with Crippen molar-refractivity contribution in [3.63, 3.8) is 0 Å². The summed E-state index contributed by atoms with van der Waals surface area (Å²) in [6, 6.07) is 10.4. The number of amides is 1. The molecular formula is C16H24N2O2. The van der Waals surface area contributed by atoms with Crippen LogP contribution in [-0.4, -0.2) is 44.2 Å². The molecule has 1 N–H and O–H groups in total. The monoisotopic (exact) mass is 276 g/mol. The van der Waals surface area contributed by atoms with Crippen molar-refractivity contribution in [2.45, 2.75) is 19.4 Å². The molecule has 2 rings (SSSR count). The lowest BCUT2D eigenvalue weighted by atomic mass is 9.96. The lowest BCUT2D eigenvalue weighted by molar-refractivity contribution is -0.127. The van der Waals surface area contributed by atoms with Gasteiger partial charge in [0.05, 0.1) is 12.5 Å². The number of rotatable bonds is 6. The summed E-state index contributed by atoms with van der Waals surface area (Å²) in [5.74, 6) is 0.282. The maximum Gasteiger partial charge on any atom is 0.224 e. The van der Waals surface area contributed by atoms with E-state index in [1.807, 2.05) is 6.07 Å². The number of hydrogen-bond acceptors (Lipinski definition) is 3. The van der Waals surface area contributed by atoms with Gasteiger partial charge in [0, 0.05) is 26.7 Å². The fourth-order valence-electron chi connectivity index (χ4n) is 2.68. The minimum Gasteiger partial charge on any atom is -0.383 e. The number of nitrogens with zero attached hydrogens (tertiary/aromatic N) is 1. The van der Waals surface area contributed by atoms with Crippen LogP contribution in [-0.2, 0) is 16.1 Å². The summed E-state index contributed by atoms with van der Waals surface area (Å²) in [5, 5.41) is 2.95. The van der Waals surface area contributed by atoms with Crippen LogP contribution >= 0.6 is 0 Å². The fourth-order valence-corrected chi connectivity index (χ4v) is 2.68. The number of piperidine rings is 1. The molecule has 1 aliphatic rings. The number of carbonyl (C=O) groups excluding carboxylic acids is 1. The molecule has 0 aromatic heterocycles. The van der Waals surface area contributed by atoms with E-state index in [9.17, 15) is 4.79 Å². The van der Waals surface area contributed by atoms with Crippen LogP contribution in [0.3, 0.4) is 0 Å². The Morgan fingerprint density at radius 2 is 2.20 bits per heavy atom. The largest absolute Gasteiger partial charge is 0.383 e. The van der Waals surface area contributed by atoms with E-state index in [-0.39, 0.29) is 11.8 Å². The molecule has 20 heavy (non-hydrogen) atoms. The van der Waals surface area contributed by atoms with Crippen LogP contribution in [0.25, 0.3) is 0 Å². The maximum atomic E-state index is 12.1. The van der Waals surface area contributed by atoms with Gasteiger partial charge < -0.3 is 10.1 Å². The number of carbonyl (C=O) groups is 1. The van der Waals surface area contributed by atoms with Gasteiger partial charge in [-0.3, -0.25) is 9.69 Å². The van der Waals surface area contributed by atoms with Crippen molar-refractivity contribution in [3.8, 4) is 0 Å². The zero-order chi connectivity index (χ0) is 14.2. The summed E-state index contributed by atoms with van der Waals surface area (Å²) < 4.78 is 4.95. The van der Waals surface area contributed by atoms with E-state index in [1.165, 1.54) is 5.56 Å². The fraction of sp³-hybridized carbons (Fsp3) is 0.562. The molecule has 1 fully saturated rings. The van der Waals surface area contributed by atoms with E-state index >= 15 is 0 Å². The van der Waals surface area contributed by atoms with Crippen LogP contribution in [0.5, 0.6) is 0 Å². The second-order valence-corrected chi connectivity index (χ2v) is 5.34. The number of ether oxygens (including phenoxy) is 1. The van der Waals surface area contributed by atoms with Gasteiger partial charge in [0.1, 0.15) is 0 Å². The zero-order valence-corrected chi connectivity index (χ0v) is 12.2.